The lowest BCUT2D eigenvalue weighted by molar-refractivity contribution is -0.134. The van der Waals surface area contributed by atoms with Crippen molar-refractivity contribution in [3.8, 4) is 0 Å². The molecule has 0 amide bonds. The Bertz CT molecular complexity index is 391. The summed E-state index contributed by atoms with van der Waals surface area (Å²) in [6.45, 7) is 9.51. The van der Waals surface area contributed by atoms with Crippen molar-refractivity contribution in [1.82, 2.24) is 10.5 Å². The van der Waals surface area contributed by atoms with Gasteiger partial charge in [0.2, 0.25) is 6.48 Å². The molecule has 1 aliphatic heterocycles. The molecular weight excluding hydrogens is 279 g/mol. The number of ketones is 1. The third kappa shape index (κ3) is 4.56. The minimum Gasteiger partial charge on any atom is -0.673 e. The summed E-state index contributed by atoms with van der Waals surface area (Å²) in [6.07, 6.45) is 2.13. The molecular formula is C16H32BN2O3-. The molecule has 1 aliphatic rings. The molecule has 1 rings (SSSR count). The molecule has 0 saturated carbocycles. The van der Waals surface area contributed by atoms with Gasteiger partial charge in [-0.1, -0.05) is 27.7 Å². The Hall–Kier alpha value is -0.875. The van der Waals surface area contributed by atoms with Crippen LogP contribution in [0.5, 0.6) is 0 Å². The Morgan fingerprint density at radius 3 is 2.32 bits per heavy atom. The Morgan fingerprint density at radius 2 is 1.91 bits per heavy atom. The minimum atomic E-state index is -1.31. The van der Waals surface area contributed by atoms with Crippen LogP contribution in [0.3, 0.4) is 0 Å². The normalized spacial score (nSPS) is 22.2. The quantitative estimate of drug-likeness (QED) is 0.640. The van der Waals surface area contributed by atoms with Gasteiger partial charge >= 0.3 is 0 Å². The van der Waals surface area contributed by atoms with Crippen molar-refractivity contribution in [2.24, 2.45) is 5.92 Å². The molecule has 6 heteroatoms. The van der Waals surface area contributed by atoms with Gasteiger partial charge in [0, 0.05) is 6.42 Å². The topological polar surface area (TPSA) is 67.4 Å². The third-order valence-corrected chi connectivity index (χ3v) is 4.97. The molecule has 5 nitrogen and oxygen atoms in total. The fourth-order valence-corrected chi connectivity index (χ4v) is 3.69. The Balaban J connectivity index is 2.66. The Kier molecular flexibility index (Phi) is 7.07. The smallest absolute Gasteiger partial charge is 0.273 e. The van der Waals surface area contributed by atoms with Crippen LogP contribution >= 0.6 is 0 Å². The van der Waals surface area contributed by atoms with Crippen molar-refractivity contribution >= 4 is 18.2 Å². The lowest BCUT2D eigenvalue weighted by Gasteiger charge is -2.43. The van der Waals surface area contributed by atoms with Gasteiger partial charge in [-0.25, -0.2) is 0 Å². The summed E-state index contributed by atoms with van der Waals surface area (Å²) in [6, 6.07) is -0.240. The third-order valence-electron chi connectivity index (χ3n) is 4.97. The lowest BCUT2D eigenvalue weighted by atomic mass is 9.37. The van der Waals surface area contributed by atoms with Crippen molar-refractivity contribution in [1.29, 1.82) is 0 Å². The van der Waals surface area contributed by atoms with Crippen LogP contribution in [0.1, 0.15) is 53.9 Å². The zero-order valence-electron chi connectivity index (χ0n) is 14.9. The number of Topliss-reactive ketones (excluding diaryl/α,β-unsaturated/α-hetero) is 1. The van der Waals surface area contributed by atoms with Crippen LogP contribution in [0.25, 0.3) is 0 Å². The van der Waals surface area contributed by atoms with Crippen LogP contribution in [0.4, 0.5) is 0 Å². The van der Waals surface area contributed by atoms with Gasteiger partial charge in [-0.15, -0.1) is 11.6 Å². The van der Waals surface area contributed by atoms with Crippen molar-refractivity contribution in [2.45, 2.75) is 71.6 Å². The van der Waals surface area contributed by atoms with Gasteiger partial charge in [0.1, 0.15) is 5.78 Å². The summed E-state index contributed by atoms with van der Waals surface area (Å²) in [4.78, 5) is 23.6. The molecule has 2 N–H and O–H groups in total. The number of carbonyl (C=O) groups is 2. The summed E-state index contributed by atoms with van der Waals surface area (Å²) < 4.78 is 5.79. The van der Waals surface area contributed by atoms with E-state index >= 15 is 0 Å². The van der Waals surface area contributed by atoms with E-state index < -0.39 is 6.48 Å². The van der Waals surface area contributed by atoms with E-state index in [-0.39, 0.29) is 35.3 Å². The van der Waals surface area contributed by atoms with E-state index in [4.69, 9.17) is 4.65 Å². The molecule has 2 unspecified atom stereocenters. The zero-order chi connectivity index (χ0) is 16.9. The Labute approximate surface area is 134 Å². The minimum absolute atomic E-state index is 0.131. The average molecular weight is 311 g/mol. The fraction of sp³-hybridized carbons (Fsp3) is 0.875. The van der Waals surface area contributed by atoms with Crippen molar-refractivity contribution in [3.63, 3.8) is 0 Å². The summed E-state index contributed by atoms with van der Waals surface area (Å²) in [5, 5.41) is 6.62. The molecule has 2 atom stereocenters. The van der Waals surface area contributed by atoms with E-state index in [9.17, 15) is 9.59 Å². The molecule has 0 aromatic heterocycles. The van der Waals surface area contributed by atoms with Crippen molar-refractivity contribution in [2.75, 3.05) is 13.6 Å². The largest absolute Gasteiger partial charge is 0.673 e. The van der Waals surface area contributed by atoms with Gasteiger partial charge in [0.15, 0.2) is 0 Å². The molecule has 1 heterocycles. The first-order chi connectivity index (χ1) is 10.2. The monoisotopic (exact) mass is 311 g/mol. The number of carbonyl (C=O) groups excluding carboxylic acids is 2. The highest BCUT2D eigenvalue weighted by Gasteiger charge is 2.44. The number of hydrogen-bond acceptors (Lipinski definition) is 5. The molecule has 128 valence electrons. The standard InChI is InChI=1S/C16H32BN2O3/c1-11(2)17(12(3)4)19-15(16(21)22-17)8-7-14(10-18-6)9-13(5)20/h11-12,14-15,18-19H,7-10H2,1-6H3/q-1. The van der Waals surface area contributed by atoms with E-state index in [1.54, 1.807) is 6.92 Å². The van der Waals surface area contributed by atoms with Crippen LogP contribution in [-0.4, -0.2) is 37.9 Å². The molecule has 0 spiro atoms. The maximum Gasteiger partial charge on any atom is 0.273 e. The predicted octanol–water partition coefficient (Wildman–Crippen LogP) is 2.36. The number of nitrogens with one attached hydrogen (secondary N) is 2. The molecule has 1 saturated heterocycles. The van der Waals surface area contributed by atoms with Crippen LogP contribution in [-0.2, 0) is 14.2 Å². The van der Waals surface area contributed by atoms with Gasteiger partial charge in [-0.2, -0.15) is 0 Å². The summed E-state index contributed by atoms with van der Waals surface area (Å²) in [5.74, 6) is 0.898. The highest BCUT2D eigenvalue weighted by atomic mass is 16.5. The van der Waals surface area contributed by atoms with Crippen molar-refractivity contribution < 1.29 is 14.2 Å². The SMILES string of the molecule is CNCC(CCC1N[B-](C(C)C)(C(C)C)OC1=O)CC(C)=O. The van der Waals surface area contributed by atoms with Gasteiger partial charge in [-0.3, -0.25) is 4.79 Å². The van der Waals surface area contributed by atoms with E-state index in [1.807, 2.05) is 7.05 Å². The molecule has 0 radical (unpaired) electrons. The highest BCUT2D eigenvalue weighted by molar-refractivity contribution is 6.77. The van der Waals surface area contributed by atoms with Crippen LogP contribution in [0.2, 0.25) is 11.6 Å². The first-order valence-electron chi connectivity index (χ1n) is 8.53. The molecule has 0 aliphatic carbocycles. The first-order valence-corrected chi connectivity index (χ1v) is 8.53. The second-order valence-electron chi connectivity index (χ2n) is 7.47. The molecule has 22 heavy (non-hydrogen) atoms. The van der Waals surface area contributed by atoms with Crippen LogP contribution in [0.15, 0.2) is 0 Å². The molecule has 0 aromatic rings. The van der Waals surface area contributed by atoms with Crippen molar-refractivity contribution in [3.05, 3.63) is 0 Å². The fourth-order valence-electron chi connectivity index (χ4n) is 3.69. The average Bonchev–Trinajstić information content (AvgIpc) is 2.74. The van der Waals surface area contributed by atoms with E-state index in [1.165, 1.54) is 0 Å². The predicted molar refractivity (Wildman–Crippen MR) is 90.9 cm³/mol. The van der Waals surface area contributed by atoms with E-state index in [0.717, 1.165) is 19.4 Å². The summed E-state index contributed by atoms with van der Waals surface area (Å²) in [5.41, 5.74) is 0. The second-order valence-corrected chi connectivity index (χ2v) is 7.47. The van der Waals surface area contributed by atoms with Gasteiger partial charge in [0.05, 0.1) is 6.04 Å². The number of hydrogen-bond donors (Lipinski definition) is 2. The van der Waals surface area contributed by atoms with Crippen LogP contribution < -0.4 is 10.5 Å². The summed E-state index contributed by atoms with van der Waals surface area (Å²) >= 11 is 0. The van der Waals surface area contributed by atoms with E-state index in [2.05, 4.69) is 38.2 Å². The first kappa shape index (κ1) is 19.2. The van der Waals surface area contributed by atoms with Gasteiger partial charge in [-0.05, 0) is 39.3 Å². The van der Waals surface area contributed by atoms with Gasteiger partial charge in [0.25, 0.3) is 5.97 Å². The maximum atomic E-state index is 12.2. The molecule has 0 aromatic carbocycles. The van der Waals surface area contributed by atoms with Gasteiger partial charge < -0.3 is 20.0 Å². The lowest BCUT2D eigenvalue weighted by Crippen LogP contribution is -2.54. The highest BCUT2D eigenvalue weighted by Crippen LogP contribution is 2.36. The van der Waals surface area contributed by atoms with Crippen LogP contribution in [0, 0.1) is 5.92 Å². The second kappa shape index (κ2) is 8.11. The van der Waals surface area contributed by atoms with E-state index in [0.29, 0.717) is 6.42 Å². The molecule has 1 fully saturated rings. The Morgan fingerprint density at radius 1 is 1.32 bits per heavy atom. The number of rotatable bonds is 9. The molecule has 0 bridgehead atoms. The zero-order valence-corrected chi connectivity index (χ0v) is 14.9. The maximum absolute atomic E-state index is 12.2. The summed E-state index contributed by atoms with van der Waals surface area (Å²) in [7, 11) is 1.89.